The maximum absolute atomic E-state index is 12.4. The average Bonchev–Trinajstić information content (AvgIpc) is 3.22. The Kier molecular flexibility index (Phi) is 5.55. The van der Waals surface area contributed by atoms with Gasteiger partial charge < -0.3 is 9.47 Å². The van der Waals surface area contributed by atoms with Crippen LogP contribution in [-0.4, -0.2) is 25.8 Å². The Morgan fingerprint density at radius 2 is 2.28 bits per heavy atom. The SMILES string of the molecule is CCOc1c(I)cc(/C=N\NC(=O)[C@@H]2[C@H]3CCCC[C@@]32C)cc1OC. The van der Waals surface area contributed by atoms with Crippen LogP contribution in [0.2, 0.25) is 0 Å². The zero-order chi connectivity index (χ0) is 18.0. The van der Waals surface area contributed by atoms with Gasteiger partial charge in [0.1, 0.15) is 0 Å². The number of nitrogens with one attached hydrogen (secondary N) is 1. The van der Waals surface area contributed by atoms with Crippen LogP contribution in [0.5, 0.6) is 11.5 Å². The van der Waals surface area contributed by atoms with Gasteiger partial charge in [-0.05, 0) is 71.4 Å². The van der Waals surface area contributed by atoms with Gasteiger partial charge in [0, 0.05) is 5.92 Å². The Labute approximate surface area is 162 Å². The van der Waals surface area contributed by atoms with E-state index < -0.39 is 0 Å². The Morgan fingerprint density at radius 3 is 2.92 bits per heavy atom. The van der Waals surface area contributed by atoms with Gasteiger partial charge in [0.15, 0.2) is 11.5 Å². The quantitative estimate of drug-likeness (QED) is 0.401. The first-order chi connectivity index (χ1) is 12.0. The second-order valence-electron chi connectivity index (χ2n) is 7.04. The number of methoxy groups -OCH3 is 1. The highest BCUT2D eigenvalue weighted by molar-refractivity contribution is 14.1. The topological polar surface area (TPSA) is 59.9 Å². The molecule has 2 aliphatic rings. The van der Waals surface area contributed by atoms with Crippen molar-refractivity contribution in [2.24, 2.45) is 22.4 Å². The van der Waals surface area contributed by atoms with Gasteiger partial charge in [-0.1, -0.05) is 19.8 Å². The lowest BCUT2D eigenvalue weighted by molar-refractivity contribution is -0.123. The van der Waals surface area contributed by atoms with Crippen molar-refractivity contribution in [3.63, 3.8) is 0 Å². The first kappa shape index (κ1) is 18.5. The monoisotopic (exact) mass is 456 g/mol. The summed E-state index contributed by atoms with van der Waals surface area (Å²) in [5.41, 5.74) is 3.80. The van der Waals surface area contributed by atoms with Gasteiger partial charge in [-0.3, -0.25) is 4.79 Å². The highest BCUT2D eigenvalue weighted by Gasteiger charge is 2.64. The van der Waals surface area contributed by atoms with Crippen LogP contribution in [0.3, 0.4) is 0 Å². The van der Waals surface area contributed by atoms with Crippen molar-refractivity contribution in [2.75, 3.05) is 13.7 Å². The molecule has 2 aliphatic carbocycles. The molecule has 2 fully saturated rings. The van der Waals surface area contributed by atoms with Gasteiger partial charge in [0.2, 0.25) is 5.91 Å². The summed E-state index contributed by atoms with van der Waals surface area (Å²) >= 11 is 2.21. The summed E-state index contributed by atoms with van der Waals surface area (Å²) in [7, 11) is 1.62. The minimum absolute atomic E-state index is 0.0539. The van der Waals surface area contributed by atoms with Crippen molar-refractivity contribution < 1.29 is 14.3 Å². The fourth-order valence-electron chi connectivity index (χ4n) is 4.19. The maximum atomic E-state index is 12.4. The highest BCUT2D eigenvalue weighted by Crippen LogP contribution is 2.66. The summed E-state index contributed by atoms with van der Waals surface area (Å²) in [6.07, 6.45) is 6.48. The standard InChI is InChI=1S/C19H25IN2O3/c1-4-25-17-14(20)9-12(10-15(17)24-3)11-21-22-18(23)16-13-7-5-6-8-19(13,16)2/h9-11,13,16H,4-8H2,1-3H3,(H,22,23)/b21-11-/t13-,16+,19+/m1/s1. The van der Waals surface area contributed by atoms with Crippen LogP contribution in [0, 0.1) is 20.8 Å². The van der Waals surface area contributed by atoms with Crippen LogP contribution in [0.25, 0.3) is 0 Å². The van der Waals surface area contributed by atoms with Crippen molar-refractivity contribution in [3.05, 3.63) is 21.3 Å². The molecule has 1 amide bonds. The number of nitrogens with zero attached hydrogens (tertiary/aromatic N) is 1. The Bertz CT molecular complexity index is 691. The van der Waals surface area contributed by atoms with Crippen LogP contribution in [0.1, 0.15) is 45.1 Å². The van der Waals surface area contributed by atoms with Crippen LogP contribution < -0.4 is 14.9 Å². The van der Waals surface area contributed by atoms with Gasteiger partial charge in [-0.25, -0.2) is 5.43 Å². The lowest BCUT2D eigenvalue weighted by Crippen LogP contribution is -2.22. The number of carbonyl (C=O) groups is 1. The van der Waals surface area contributed by atoms with Crippen molar-refractivity contribution >= 4 is 34.7 Å². The number of fused-ring (bicyclic) bond motifs is 1. The molecule has 6 heteroatoms. The summed E-state index contributed by atoms with van der Waals surface area (Å²) in [6, 6.07) is 3.82. The lowest BCUT2D eigenvalue weighted by atomic mass is 9.90. The first-order valence-electron chi connectivity index (χ1n) is 8.84. The van der Waals surface area contributed by atoms with Crippen molar-refractivity contribution in [3.8, 4) is 11.5 Å². The minimum Gasteiger partial charge on any atom is -0.493 e. The zero-order valence-electron chi connectivity index (χ0n) is 15.0. The molecule has 0 heterocycles. The van der Waals surface area contributed by atoms with Crippen molar-refractivity contribution in [1.82, 2.24) is 5.43 Å². The van der Waals surface area contributed by atoms with E-state index in [2.05, 4.69) is 40.0 Å². The van der Waals surface area contributed by atoms with Crippen LogP contribution >= 0.6 is 22.6 Å². The largest absolute Gasteiger partial charge is 0.493 e. The number of ether oxygens (including phenoxy) is 2. The van der Waals surface area contributed by atoms with E-state index in [4.69, 9.17) is 9.47 Å². The van der Waals surface area contributed by atoms with E-state index in [1.54, 1.807) is 13.3 Å². The van der Waals surface area contributed by atoms with Gasteiger partial charge in [0.05, 0.1) is 23.5 Å². The molecule has 3 atom stereocenters. The average molecular weight is 456 g/mol. The number of benzene rings is 1. The van der Waals surface area contributed by atoms with Crippen LogP contribution in [-0.2, 0) is 4.79 Å². The zero-order valence-corrected chi connectivity index (χ0v) is 17.1. The smallest absolute Gasteiger partial charge is 0.244 e. The molecule has 3 rings (SSSR count). The van der Waals surface area contributed by atoms with Gasteiger partial charge in [-0.15, -0.1) is 0 Å². The molecular weight excluding hydrogens is 431 g/mol. The van der Waals surface area contributed by atoms with Crippen LogP contribution in [0.15, 0.2) is 17.2 Å². The van der Waals surface area contributed by atoms with E-state index in [0.717, 1.165) is 21.3 Å². The van der Waals surface area contributed by atoms with E-state index in [1.165, 1.54) is 19.3 Å². The predicted octanol–water partition coefficient (Wildman–Crippen LogP) is 3.97. The number of hydrazone groups is 1. The molecule has 0 aromatic heterocycles. The summed E-state index contributed by atoms with van der Waals surface area (Å²) in [4.78, 5) is 12.4. The minimum atomic E-state index is 0.0539. The summed E-state index contributed by atoms with van der Waals surface area (Å²) in [5.74, 6) is 2.13. The van der Waals surface area contributed by atoms with E-state index in [0.29, 0.717) is 18.3 Å². The van der Waals surface area contributed by atoms with Gasteiger partial charge >= 0.3 is 0 Å². The number of rotatable bonds is 6. The van der Waals surface area contributed by atoms with Gasteiger partial charge in [-0.2, -0.15) is 5.10 Å². The fourth-order valence-corrected chi connectivity index (χ4v) is 4.97. The molecule has 0 spiro atoms. The number of hydrogen-bond donors (Lipinski definition) is 1. The van der Waals surface area contributed by atoms with E-state index in [1.807, 2.05) is 19.1 Å². The Morgan fingerprint density at radius 1 is 1.48 bits per heavy atom. The van der Waals surface area contributed by atoms with E-state index >= 15 is 0 Å². The maximum Gasteiger partial charge on any atom is 0.244 e. The second kappa shape index (κ2) is 7.51. The molecule has 0 unspecified atom stereocenters. The molecule has 1 aromatic rings. The molecule has 0 aliphatic heterocycles. The highest BCUT2D eigenvalue weighted by atomic mass is 127. The van der Waals surface area contributed by atoms with Gasteiger partial charge in [0.25, 0.3) is 0 Å². The van der Waals surface area contributed by atoms with E-state index in [-0.39, 0.29) is 17.2 Å². The molecule has 2 saturated carbocycles. The number of halogens is 1. The molecule has 5 nitrogen and oxygen atoms in total. The number of amides is 1. The summed E-state index contributed by atoms with van der Waals surface area (Å²) in [5, 5.41) is 4.16. The molecule has 0 bridgehead atoms. The van der Waals surface area contributed by atoms with Crippen LogP contribution in [0.4, 0.5) is 0 Å². The van der Waals surface area contributed by atoms with E-state index in [9.17, 15) is 4.79 Å². The third-order valence-corrected chi connectivity index (χ3v) is 6.34. The summed E-state index contributed by atoms with van der Waals surface area (Å²) < 4.78 is 12.0. The molecule has 1 aromatic carbocycles. The third kappa shape index (κ3) is 3.64. The van der Waals surface area contributed by atoms with Crippen molar-refractivity contribution in [2.45, 2.75) is 39.5 Å². The first-order valence-corrected chi connectivity index (χ1v) is 9.92. The molecule has 0 saturated heterocycles. The van der Waals surface area contributed by atoms with Crippen molar-refractivity contribution in [1.29, 1.82) is 0 Å². The molecule has 136 valence electrons. The predicted molar refractivity (Wildman–Crippen MR) is 106 cm³/mol. The summed E-state index contributed by atoms with van der Waals surface area (Å²) in [6.45, 7) is 4.76. The fraction of sp³-hybridized carbons (Fsp3) is 0.579. The Balaban J connectivity index is 1.64. The second-order valence-corrected chi connectivity index (χ2v) is 8.20. The number of hydrogen-bond acceptors (Lipinski definition) is 4. The molecule has 1 N–H and O–H groups in total. The lowest BCUT2D eigenvalue weighted by Gasteiger charge is -2.15. The molecule has 25 heavy (non-hydrogen) atoms. The third-order valence-electron chi connectivity index (χ3n) is 5.54. The number of carbonyl (C=O) groups excluding carboxylic acids is 1. The normalized spacial score (nSPS) is 27.7. The molecule has 0 radical (unpaired) electrons. The Hall–Kier alpha value is -1.31. The molecular formula is C19H25IN2O3.